The molecule has 1 fully saturated rings. The van der Waals surface area contributed by atoms with Crippen molar-refractivity contribution in [3.63, 3.8) is 0 Å². The molecule has 0 saturated carbocycles. The largest absolute Gasteiger partial charge is 0.376 e. The van der Waals surface area contributed by atoms with Gasteiger partial charge in [-0.25, -0.2) is 0 Å². The molecule has 1 unspecified atom stereocenters. The normalized spacial score (nSPS) is 15.9. The van der Waals surface area contributed by atoms with Gasteiger partial charge in [-0.1, -0.05) is 41.6 Å². The van der Waals surface area contributed by atoms with Gasteiger partial charge in [0.15, 0.2) is 11.0 Å². The number of carbonyl (C=O) groups is 1. The van der Waals surface area contributed by atoms with Crippen LogP contribution in [0, 0.1) is 0 Å². The molecule has 1 aliphatic rings. The number of hydrogen-bond donors (Lipinski definition) is 0. The molecule has 1 aliphatic heterocycles. The maximum atomic E-state index is 12.9. The lowest BCUT2D eigenvalue weighted by molar-refractivity contribution is -0.116. The first-order valence-corrected chi connectivity index (χ1v) is 11.8. The minimum absolute atomic E-state index is 0.0402. The number of benzene rings is 2. The van der Waals surface area contributed by atoms with Gasteiger partial charge in [-0.2, -0.15) is 0 Å². The first kappa shape index (κ1) is 21.9. The molecule has 31 heavy (non-hydrogen) atoms. The van der Waals surface area contributed by atoms with Crippen LogP contribution in [0.1, 0.15) is 19.8 Å². The molecule has 3 aromatic rings. The number of thioether (sulfide) groups is 1. The van der Waals surface area contributed by atoms with Gasteiger partial charge >= 0.3 is 0 Å². The molecular weight excluding hydrogens is 432 g/mol. The van der Waals surface area contributed by atoms with E-state index < -0.39 is 0 Å². The van der Waals surface area contributed by atoms with Gasteiger partial charge in [0.1, 0.15) is 0 Å². The number of halogens is 1. The van der Waals surface area contributed by atoms with Crippen LogP contribution in [0.2, 0.25) is 5.02 Å². The lowest BCUT2D eigenvalue weighted by Gasteiger charge is -2.21. The average molecular weight is 457 g/mol. The van der Waals surface area contributed by atoms with Crippen LogP contribution in [-0.4, -0.2) is 45.7 Å². The van der Waals surface area contributed by atoms with E-state index in [1.54, 1.807) is 4.90 Å². The molecule has 0 radical (unpaired) electrons. The Hall–Kier alpha value is -2.35. The van der Waals surface area contributed by atoms with Crippen LogP contribution in [0.25, 0.3) is 11.4 Å². The summed E-state index contributed by atoms with van der Waals surface area (Å²) in [4.78, 5) is 14.7. The molecule has 162 valence electrons. The van der Waals surface area contributed by atoms with Crippen molar-refractivity contribution in [1.82, 2.24) is 14.8 Å². The topological polar surface area (TPSA) is 60.2 Å². The van der Waals surface area contributed by atoms with Crippen LogP contribution < -0.4 is 4.90 Å². The van der Waals surface area contributed by atoms with Crippen molar-refractivity contribution < 1.29 is 9.53 Å². The van der Waals surface area contributed by atoms with Crippen molar-refractivity contribution in [1.29, 1.82) is 0 Å². The van der Waals surface area contributed by atoms with Crippen LogP contribution in [0.3, 0.4) is 0 Å². The molecule has 1 amide bonds. The van der Waals surface area contributed by atoms with Gasteiger partial charge in [-0.3, -0.25) is 9.36 Å². The molecule has 1 aromatic heterocycles. The number of hydrogen-bond acceptors (Lipinski definition) is 5. The Bertz CT molecular complexity index is 1000. The van der Waals surface area contributed by atoms with Crippen molar-refractivity contribution in [3.05, 3.63) is 59.6 Å². The summed E-state index contributed by atoms with van der Waals surface area (Å²) in [7, 11) is 0. The molecule has 0 spiro atoms. The number of amides is 1. The Labute approximate surface area is 191 Å². The molecule has 1 atom stereocenters. The first-order valence-electron chi connectivity index (χ1n) is 10.4. The van der Waals surface area contributed by atoms with Crippen molar-refractivity contribution >= 4 is 35.0 Å². The van der Waals surface area contributed by atoms with Gasteiger partial charge in [0.25, 0.3) is 0 Å². The zero-order valence-corrected chi connectivity index (χ0v) is 19.0. The van der Waals surface area contributed by atoms with Crippen molar-refractivity contribution in [3.8, 4) is 11.4 Å². The zero-order chi connectivity index (χ0) is 21.6. The van der Waals surface area contributed by atoms with E-state index in [1.165, 1.54) is 11.8 Å². The zero-order valence-electron chi connectivity index (χ0n) is 17.4. The molecule has 1 saturated heterocycles. The van der Waals surface area contributed by atoms with E-state index in [1.807, 2.05) is 61.5 Å². The fourth-order valence-electron chi connectivity index (χ4n) is 3.68. The second kappa shape index (κ2) is 10.3. The first-order chi connectivity index (χ1) is 15.2. The van der Waals surface area contributed by atoms with Crippen LogP contribution in [0.4, 0.5) is 5.69 Å². The van der Waals surface area contributed by atoms with Gasteiger partial charge in [-0.05, 0) is 56.2 Å². The lowest BCUT2D eigenvalue weighted by atomic mass is 10.2. The minimum Gasteiger partial charge on any atom is -0.376 e. The summed E-state index contributed by atoms with van der Waals surface area (Å²) in [6.07, 6.45) is 2.21. The fourth-order valence-corrected chi connectivity index (χ4v) is 4.63. The molecule has 0 bridgehead atoms. The van der Waals surface area contributed by atoms with E-state index >= 15 is 0 Å². The Morgan fingerprint density at radius 2 is 1.97 bits per heavy atom. The van der Waals surface area contributed by atoms with Crippen molar-refractivity contribution in [2.75, 3.05) is 23.8 Å². The van der Waals surface area contributed by atoms with Crippen molar-refractivity contribution in [2.24, 2.45) is 0 Å². The lowest BCUT2D eigenvalue weighted by Crippen LogP contribution is -2.32. The smallest absolute Gasteiger partial charge is 0.237 e. The number of aromatic nitrogens is 3. The highest BCUT2D eigenvalue weighted by Gasteiger charge is 2.23. The molecule has 2 heterocycles. The van der Waals surface area contributed by atoms with Gasteiger partial charge in [0, 0.05) is 29.4 Å². The molecular formula is C23H25ClN4O2S. The van der Waals surface area contributed by atoms with Crippen LogP contribution >= 0.6 is 23.4 Å². The summed E-state index contributed by atoms with van der Waals surface area (Å²) < 4.78 is 7.91. The third kappa shape index (κ3) is 5.29. The van der Waals surface area contributed by atoms with E-state index in [4.69, 9.17) is 16.3 Å². The van der Waals surface area contributed by atoms with Gasteiger partial charge in [-0.15, -0.1) is 10.2 Å². The quantitative estimate of drug-likeness (QED) is 0.450. The van der Waals surface area contributed by atoms with Crippen molar-refractivity contribution in [2.45, 2.75) is 37.6 Å². The summed E-state index contributed by atoms with van der Waals surface area (Å²) in [5.41, 5.74) is 1.84. The predicted octanol–water partition coefficient (Wildman–Crippen LogP) is 4.92. The number of ether oxygens (including phenoxy) is 1. The predicted molar refractivity (Wildman–Crippen MR) is 125 cm³/mol. The number of carbonyl (C=O) groups excluding carboxylic acids is 1. The van der Waals surface area contributed by atoms with E-state index in [9.17, 15) is 4.79 Å². The molecule has 6 nitrogen and oxygen atoms in total. The van der Waals surface area contributed by atoms with E-state index in [0.29, 0.717) is 18.1 Å². The third-order valence-corrected chi connectivity index (χ3v) is 6.44. The number of anilines is 1. The van der Waals surface area contributed by atoms with Gasteiger partial charge < -0.3 is 9.64 Å². The summed E-state index contributed by atoms with van der Waals surface area (Å²) in [5, 5.41) is 10.2. The highest BCUT2D eigenvalue weighted by atomic mass is 35.5. The molecule has 2 aromatic carbocycles. The van der Waals surface area contributed by atoms with Crippen LogP contribution in [-0.2, 0) is 16.1 Å². The Balaban J connectivity index is 1.54. The molecule has 0 N–H and O–H groups in total. The minimum atomic E-state index is 0.0402. The fraction of sp³-hybridized carbons (Fsp3) is 0.348. The Kier molecular flexibility index (Phi) is 7.27. The Morgan fingerprint density at radius 3 is 2.65 bits per heavy atom. The number of rotatable bonds is 8. The highest BCUT2D eigenvalue weighted by Crippen LogP contribution is 2.28. The molecule has 4 rings (SSSR count). The summed E-state index contributed by atoms with van der Waals surface area (Å²) >= 11 is 7.46. The standard InChI is InChI=1S/C23H25ClN4O2S/c1-2-27(19-7-4-3-5-8-19)21(29)16-31-23-26-25-22(17-10-12-18(24)13-11-17)28(23)15-20-9-6-14-30-20/h3-5,7-8,10-13,20H,2,6,9,14-16H2,1H3. The van der Waals surface area contributed by atoms with E-state index in [-0.39, 0.29) is 17.8 Å². The monoisotopic (exact) mass is 456 g/mol. The SMILES string of the molecule is CCN(C(=O)CSc1nnc(-c2ccc(Cl)cc2)n1CC1CCCO1)c1ccccc1. The summed E-state index contributed by atoms with van der Waals surface area (Å²) in [6, 6.07) is 17.3. The van der Waals surface area contributed by atoms with Crippen LogP contribution in [0.15, 0.2) is 59.8 Å². The Morgan fingerprint density at radius 1 is 1.19 bits per heavy atom. The maximum absolute atomic E-state index is 12.9. The summed E-state index contributed by atoms with van der Waals surface area (Å²) in [5.74, 6) is 1.09. The summed E-state index contributed by atoms with van der Waals surface area (Å²) in [6.45, 7) is 4.04. The second-order valence-electron chi connectivity index (χ2n) is 7.32. The maximum Gasteiger partial charge on any atom is 0.237 e. The van der Waals surface area contributed by atoms with Crippen LogP contribution in [0.5, 0.6) is 0 Å². The molecule has 0 aliphatic carbocycles. The van der Waals surface area contributed by atoms with E-state index in [2.05, 4.69) is 14.8 Å². The van der Waals surface area contributed by atoms with Gasteiger partial charge in [0.05, 0.1) is 18.4 Å². The number of nitrogens with zero attached hydrogens (tertiary/aromatic N) is 4. The highest BCUT2D eigenvalue weighted by molar-refractivity contribution is 7.99. The third-order valence-electron chi connectivity index (χ3n) is 5.24. The number of para-hydroxylation sites is 1. The molecule has 8 heteroatoms. The van der Waals surface area contributed by atoms with E-state index in [0.717, 1.165) is 41.7 Å². The van der Waals surface area contributed by atoms with Gasteiger partial charge in [0.2, 0.25) is 5.91 Å². The second-order valence-corrected chi connectivity index (χ2v) is 8.70. The average Bonchev–Trinajstić information content (AvgIpc) is 3.45.